The highest BCUT2D eigenvalue weighted by Crippen LogP contribution is 2.26. The Labute approximate surface area is 126 Å². The van der Waals surface area contributed by atoms with Crippen LogP contribution in [0.25, 0.3) is 0 Å². The standard InChI is InChI=1S/C15H22N2O3S/c16-21(18,19)11-14-2-1-7-17(14)8-5-12-3-4-15-13(10-12)6-9-20-15/h3-4,10,14H,1-2,5-9,11H2,(H2,16,18,19)/t14-/m1/s1. The van der Waals surface area contributed by atoms with Gasteiger partial charge in [-0.1, -0.05) is 12.1 Å². The van der Waals surface area contributed by atoms with Crippen LogP contribution in [0.4, 0.5) is 0 Å². The highest BCUT2D eigenvalue weighted by Gasteiger charge is 2.27. The van der Waals surface area contributed by atoms with E-state index in [2.05, 4.69) is 17.0 Å². The number of nitrogens with zero attached hydrogens (tertiary/aromatic N) is 1. The van der Waals surface area contributed by atoms with Gasteiger partial charge in [0, 0.05) is 19.0 Å². The molecule has 0 bridgehead atoms. The Hall–Kier alpha value is -1.11. The van der Waals surface area contributed by atoms with Crippen molar-refractivity contribution < 1.29 is 13.2 Å². The maximum atomic E-state index is 11.3. The smallest absolute Gasteiger partial charge is 0.210 e. The fraction of sp³-hybridized carbons (Fsp3) is 0.600. The van der Waals surface area contributed by atoms with Gasteiger partial charge in [0.05, 0.1) is 12.4 Å². The van der Waals surface area contributed by atoms with E-state index >= 15 is 0 Å². The zero-order chi connectivity index (χ0) is 14.9. The first kappa shape index (κ1) is 14.8. The van der Waals surface area contributed by atoms with Gasteiger partial charge in [0.2, 0.25) is 10.0 Å². The Morgan fingerprint density at radius 3 is 3.05 bits per heavy atom. The molecule has 0 aromatic heterocycles. The Morgan fingerprint density at radius 1 is 1.38 bits per heavy atom. The minimum Gasteiger partial charge on any atom is -0.493 e. The molecule has 2 aliphatic heterocycles. The Kier molecular flexibility index (Phi) is 4.19. The molecular weight excluding hydrogens is 288 g/mol. The van der Waals surface area contributed by atoms with Crippen LogP contribution in [-0.4, -0.2) is 44.8 Å². The van der Waals surface area contributed by atoms with Gasteiger partial charge in [0.25, 0.3) is 0 Å². The molecule has 0 radical (unpaired) electrons. The molecule has 5 nitrogen and oxygen atoms in total. The number of hydrogen-bond acceptors (Lipinski definition) is 4. The number of sulfonamides is 1. The Balaban J connectivity index is 1.59. The van der Waals surface area contributed by atoms with Crippen LogP contribution in [0, 0.1) is 0 Å². The summed E-state index contributed by atoms with van der Waals surface area (Å²) in [6.07, 6.45) is 3.90. The SMILES string of the molecule is NS(=O)(=O)C[C@H]1CCCN1CCc1ccc2c(c1)CCO2. The van der Waals surface area contributed by atoms with E-state index in [0.29, 0.717) is 0 Å². The monoisotopic (exact) mass is 310 g/mol. The largest absolute Gasteiger partial charge is 0.493 e. The van der Waals surface area contributed by atoms with Gasteiger partial charge in [-0.2, -0.15) is 0 Å². The van der Waals surface area contributed by atoms with Gasteiger partial charge >= 0.3 is 0 Å². The van der Waals surface area contributed by atoms with Gasteiger partial charge in [-0.3, -0.25) is 4.90 Å². The summed E-state index contributed by atoms with van der Waals surface area (Å²) in [7, 11) is -3.39. The molecule has 1 aromatic rings. The van der Waals surface area contributed by atoms with Gasteiger partial charge in [-0.25, -0.2) is 13.6 Å². The second-order valence-electron chi connectivity index (χ2n) is 5.95. The second-order valence-corrected chi connectivity index (χ2v) is 7.61. The van der Waals surface area contributed by atoms with Crippen LogP contribution >= 0.6 is 0 Å². The van der Waals surface area contributed by atoms with Crippen LogP contribution in [0.2, 0.25) is 0 Å². The van der Waals surface area contributed by atoms with Crippen molar-refractivity contribution in [3.63, 3.8) is 0 Å². The number of fused-ring (bicyclic) bond motifs is 1. The summed E-state index contributed by atoms with van der Waals surface area (Å²) in [5, 5.41) is 5.18. The van der Waals surface area contributed by atoms with Crippen molar-refractivity contribution >= 4 is 10.0 Å². The quantitative estimate of drug-likeness (QED) is 0.877. The third-order valence-electron chi connectivity index (χ3n) is 4.37. The third-order valence-corrected chi connectivity index (χ3v) is 5.21. The lowest BCUT2D eigenvalue weighted by Crippen LogP contribution is -2.38. The minimum atomic E-state index is -3.39. The zero-order valence-electron chi connectivity index (χ0n) is 12.1. The maximum Gasteiger partial charge on any atom is 0.210 e. The average molecular weight is 310 g/mol. The number of benzene rings is 1. The van der Waals surface area contributed by atoms with E-state index in [1.165, 1.54) is 11.1 Å². The summed E-state index contributed by atoms with van der Waals surface area (Å²) < 4.78 is 28.1. The van der Waals surface area contributed by atoms with E-state index in [9.17, 15) is 8.42 Å². The Bertz CT molecular complexity index is 615. The molecular formula is C15H22N2O3S. The zero-order valence-corrected chi connectivity index (χ0v) is 12.9. The fourth-order valence-corrected chi connectivity index (χ4v) is 4.23. The summed E-state index contributed by atoms with van der Waals surface area (Å²) in [4.78, 5) is 2.26. The van der Waals surface area contributed by atoms with E-state index in [-0.39, 0.29) is 11.8 Å². The molecule has 0 saturated carbocycles. The molecule has 21 heavy (non-hydrogen) atoms. The Morgan fingerprint density at radius 2 is 2.24 bits per heavy atom. The molecule has 0 aliphatic carbocycles. The molecule has 6 heteroatoms. The van der Waals surface area contributed by atoms with Gasteiger partial charge in [0.1, 0.15) is 5.75 Å². The third kappa shape index (κ3) is 3.75. The van der Waals surface area contributed by atoms with Crippen LogP contribution in [0.3, 0.4) is 0 Å². The van der Waals surface area contributed by atoms with Crippen molar-refractivity contribution in [2.75, 3.05) is 25.4 Å². The number of rotatable bonds is 5. The molecule has 3 rings (SSSR count). The average Bonchev–Trinajstić information content (AvgIpc) is 3.02. The van der Waals surface area contributed by atoms with Crippen LogP contribution in [0.1, 0.15) is 24.0 Å². The summed E-state index contributed by atoms with van der Waals surface area (Å²) in [6, 6.07) is 6.45. The first-order valence-electron chi connectivity index (χ1n) is 7.50. The number of hydrogen-bond donors (Lipinski definition) is 1. The molecule has 0 amide bonds. The highest BCUT2D eigenvalue weighted by atomic mass is 32.2. The normalized spacial score (nSPS) is 22.2. The lowest BCUT2D eigenvalue weighted by atomic mass is 10.1. The second kappa shape index (κ2) is 5.94. The molecule has 2 heterocycles. The highest BCUT2D eigenvalue weighted by molar-refractivity contribution is 7.89. The van der Waals surface area contributed by atoms with E-state index in [1.807, 2.05) is 6.07 Å². The van der Waals surface area contributed by atoms with Crippen LogP contribution in [-0.2, 0) is 22.9 Å². The number of nitrogens with two attached hydrogens (primary N) is 1. The predicted molar refractivity (Wildman–Crippen MR) is 81.9 cm³/mol. The predicted octanol–water partition coefficient (Wildman–Crippen LogP) is 0.917. The molecule has 1 fully saturated rings. The molecule has 0 spiro atoms. The summed E-state index contributed by atoms with van der Waals surface area (Å²) >= 11 is 0. The van der Waals surface area contributed by atoms with Crippen LogP contribution in [0.15, 0.2) is 18.2 Å². The lowest BCUT2D eigenvalue weighted by molar-refractivity contribution is 0.273. The topological polar surface area (TPSA) is 72.6 Å². The van der Waals surface area contributed by atoms with Gasteiger partial charge in [-0.05, 0) is 43.0 Å². The van der Waals surface area contributed by atoms with Crippen molar-refractivity contribution in [3.8, 4) is 5.75 Å². The summed E-state index contributed by atoms with van der Waals surface area (Å²) in [6.45, 7) is 2.63. The number of ether oxygens (including phenoxy) is 1. The molecule has 1 aromatic carbocycles. The van der Waals surface area contributed by atoms with Gasteiger partial charge in [0.15, 0.2) is 0 Å². The summed E-state index contributed by atoms with van der Waals surface area (Å²) in [5.41, 5.74) is 2.58. The van der Waals surface area contributed by atoms with Gasteiger partial charge in [-0.15, -0.1) is 0 Å². The first-order valence-corrected chi connectivity index (χ1v) is 9.22. The molecule has 2 aliphatic rings. The molecule has 2 N–H and O–H groups in total. The minimum absolute atomic E-state index is 0.0744. The molecule has 116 valence electrons. The van der Waals surface area contributed by atoms with Crippen molar-refractivity contribution in [2.24, 2.45) is 5.14 Å². The van der Waals surface area contributed by atoms with Crippen molar-refractivity contribution in [1.29, 1.82) is 0 Å². The maximum absolute atomic E-state index is 11.3. The number of likely N-dealkylation sites (tertiary alicyclic amines) is 1. The molecule has 1 atom stereocenters. The lowest BCUT2D eigenvalue weighted by Gasteiger charge is -2.23. The van der Waals surface area contributed by atoms with E-state index < -0.39 is 10.0 Å². The van der Waals surface area contributed by atoms with Gasteiger partial charge < -0.3 is 4.74 Å². The van der Waals surface area contributed by atoms with Crippen LogP contribution in [0.5, 0.6) is 5.75 Å². The molecule has 0 unspecified atom stereocenters. The van der Waals surface area contributed by atoms with Crippen LogP contribution < -0.4 is 9.88 Å². The first-order chi connectivity index (χ1) is 10.0. The number of primary sulfonamides is 1. The van der Waals surface area contributed by atoms with E-state index in [1.54, 1.807) is 0 Å². The van der Waals surface area contributed by atoms with Crippen molar-refractivity contribution in [2.45, 2.75) is 31.7 Å². The molecule has 1 saturated heterocycles. The van der Waals surface area contributed by atoms with Crippen molar-refractivity contribution in [1.82, 2.24) is 4.90 Å². The fourth-order valence-electron chi connectivity index (χ4n) is 3.31. The van der Waals surface area contributed by atoms with Crippen molar-refractivity contribution in [3.05, 3.63) is 29.3 Å². The van der Waals surface area contributed by atoms with E-state index in [4.69, 9.17) is 9.88 Å². The summed E-state index contributed by atoms with van der Waals surface area (Å²) in [5.74, 6) is 1.08. The van der Waals surface area contributed by atoms with E-state index in [0.717, 1.165) is 51.1 Å².